The van der Waals surface area contributed by atoms with Gasteiger partial charge in [-0.25, -0.2) is 0 Å². The molecule has 0 saturated carbocycles. The molecule has 1 amide bonds. The van der Waals surface area contributed by atoms with E-state index < -0.39 is 8.07 Å². The molecule has 0 aromatic carbocycles. The Hall–Kier alpha value is -0.313. The summed E-state index contributed by atoms with van der Waals surface area (Å²) in [4.78, 5) is 11.1. The minimum Gasteiger partial charge on any atom is -0.370 e. The summed E-state index contributed by atoms with van der Waals surface area (Å²) in [5.41, 5.74) is 5.37. The molecule has 0 rings (SSSR count). The van der Waals surface area contributed by atoms with Crippen LogP contribution in [0.3, 0.4) is 0 Å². The van der Waals surface area contributed by atoms with Crippen molar-refractivity contribution in [3.63, 3.8) is 0 Å². The van der Waals surface area contributed by atoms with Crippen molar-refractivity contribution in [2.24, 2.45) is 5.73 Å². The lowest BCUT2D eigenvalue weighted by Gasteiger charge is -2.29. The number of primary amides is 1. The number of amides is 1. The molecule has 0 aliphatic rings. The topological polar surface area (TPSA) is 43.1 Å². The van der Waals surface area contributed by atoms with Gasteiger partial charge in [0.05, 0.1) is 8.07 Å². The molecule has 0 aromatic rings. The number of carbonyl (C=O) groups excluding carboxylic acids is 1. The summed E-state index contributed by atoms with van der Waals surface area (Å²) < 4.78 is 0. The molecule has 0 radical (unpaired) electrons. The highest BCUT2D eigenvalue weighted by atomic mass is 28.3. The molecule has 0 heterocycles. The molecule has 0 aliphatic carbocycles. The van der Waals surface area contributed by atoms with Crippen molar-refractivity contribution >= 4 is 14.0 Å². The lowest BCUT2D eigenvalue weighted by molar-refractivity contribution is -0.116. The minimum absolute atomic E-state index is 0.0768. The predicted molar refractivity (Wildman–Crippen MR) is 65.0 cm³/mol. The van der Waals surface area contributed by atoms with E-state index in [1.165, 1.54) is 37.4 Å². The van der Waals surface area contributed by atoms with Gasteiger partial charge in [0.15, 0.2) is 0 Å². The van der Waals surface area contributed by atoms with Gasteiger partial charge in [0.25, 0.3) is 0 Å². The van der Waals surface area contributed by atoms with Crippen LogP contribution in [0.1, 0.15) is 40.0 Å². The van der Waals surface area contributed by atoms with Gasteiger partial charge in [-0.1, -0.05) is 58.2 Å². The van der Waals surface area contributed by atoms with Crippen molar-refractivity contribution in [2.45, 2.75) is 64.2 Å². The van der Waals surface area contributed by atoms with Gasteiger partial charge >= 0.3 is 0 Å². The summed E-state index contributed by atoms with van der Waals surface area (Å²) in [7, 11) is -1.33. The summed E-state index contributed by atoms with van der Waals surface area (Å²) in [5, 5.41) is 0. The largest absolute Gasteiger partial charge is 0.370 e. The molecular formula is C11H25NOSi. The van der Waals surface area contributed by atoms with Crippen molar-refractivity contribution in [3.05, 3.63) is 0 Å². The van der Waals surface area contributed by atoms with Crippen molar-refractivity contribution in [1.82, 2.24) is 0 Å². The van der Waals surface area contributed by atoms with Gasteiger partial charge in [-0.2, -0.15) is 0 Å². The second-order valence-electron chi connectivity index (χ2n) is 4.39. The Morgan fingerprint density at radius 3 is 1.57 bits per heavy atom. The minimum atomic E-state index is -1.33. The Bertz CT molecular complexity index is 154. The second kappa shape index (κ2) is 7.04. The van der Waals surface area contributed by atoms with Crippen molar-refractivity contribution in [3.8, 4) is 0 Å². The Kier molecular flexibility index (Phi) is 6.88. The fourth-order valence-electron chi connectivity index (χ4n) is 2.60. The van der Waals surface area contributed by atoms with Gasteiger partial charge in [0, 0.05) is 6.04 Å². The van der Waals surface area contributed by atoms with Crippen LogP contribution in [0.5, 0.6) is 0 Å². The molecule has 0 atom stereocenters. The monoisotopic (exact) mass is 215 g/mol. The number of nitrogens with two attached hydrogens (primary N) is 1. The van der Waals surface area contributed by atoms with E-state index >= 15 is 0 Å². The summed E-state index contributed by atoms with van der Waals surface area (Å²) >= 11 is 0. The molecule has 0 fully saturated rings. The van der Waals surface area contributed by atoms with E-state index in [1.807, 2.05) is 0 Å². The highest BCUT2D eigenvalue weighted by molar-refractivity contribution is 6.82. The summed E-state index contributed by atoms with van der Waals surface area (Å²) in [6.45, 7) is 6.65. The van der Waals surface area contributed by atoms with Crippen LogP contribution < -0.4 is 5.73 Å². The maximum Gasteiger partial charge on any atom is 0.214 e. The third-order valence-electron chi connectivity index (χ3n) is 2.89. The van der Waals surface area contributed by atoms with Gasteiger partial charge < -0.3 is 5.73 Å². The standard InChI is InChI=1S/C11H25NOSi/c1-4-7-14(8-5-2,9-6-3)10-11(12)13/h4-10H2,1-3H3,(H2,12,13). The fourth-order valence-corrected chi connectivity index (χ4v) is 7.80. The fraction of sp³-hybridized carbons (Fsp3) is 0.909. The van der Waals surface area contributed by atoms with E-state index in [4.69, 9.17) is 5.73 Å². The van der Waals surface area contributed by atoms with Crippen molar-refractivity contribution in [2.75, 3.05) is 0 Å². The molecule has 0 bridgehead atoms. The first-order valence-corrected chi connectivity index (χ1v) is 8.71. The van der Waals surface area contributed by atoms with E-state index in [9.17, 15) is 4.79 Å². The number of hydrogen-bond acceptors (Lipinski definition) is 1. The molecule has 0 aromatic heterocycles. The number of hydrogen-bond donors (Lipinski definition) is 1. The van der Waals surface area contributed by atoms with Crippen LogP contribution in [-0.2, 0) is 4.79 Å². The average molecular weight is 215 g/mol. The Labute approximate surface area is 89.3 Å². The number of carbonyl (C=O) groups is 1. The number of rotatable bonds is 8. The molecule has 0 unspecified atom stereocenters. The van der Waals surface area contributed by atoms with Gasteiger partial charge in [0.2, 0.25) is 5.91 Å². The van der Waals surface area contributed by atoms with E-state index in [2.05, 4.69) is 20.8 Å². The third-order valence-corrected chi connectivity index (χ3v) is 8.67. The predicted octanol–water partition coefficient (Wildman–Crippen LogP) is 3.15. The first kappa shape index (κ1) is 13.7. The van der Waals surface area contributed by atoms with Crippen LogP contribution in [-0.4, -0.2) is 14.0 Å². The van der Waals surface area contributed by atoms with Crippen molar-refractivity contribution < 1.29 is 4.79 Å². The highest BCUT2D eigenvalue weighted by Crippen LogP contribution is 2.29. The quantitative estimate of drug-likeness (QED) is 0.621. The summed E-state index contributed by atoms with van der Waals surface area (Å²) in [5.74, 6) is -0.0768. The summed E-state index contributed by atoms with van der Waals surface area (Å²) in [6, 6.07) is 4.54. The molecule has 2 nitrogen and oxygen atoms in total. The Morgan fingerprint density at radius 1 is 1.00 bits per heavy atom. The molecule has 0 spiro atoms. The maximum atomic E-state index is 11.1. The zero-order chi connectivity index (χ0) is 11.0. The molecule has 0 aliphatic heterocycles. The SMILES string of the molecule is CCC[Si](CCC)(CCC)CC(N)=O. The molecule has 3 heteroatoms. The van der Waals surface area contributed by atoms with Crippen LogP contribution >= 0.6 is 0 Å². The van der Waals surface area contributed by atoms with Crippen LogP contribution in [0.4, 0.5) is 0 Å². The van der Waals surface area contributed by atoms with Gasteiger partial charge in [-0.05, 0) is 0 Å². The van der Waals surface area contributed by atoms with E-state index in [0.717, 1.165) is 0 Å². The van der Waals surface area contributed by atoms with Crippen LogP contribution in [0.15, 0.2) is 0 Å². The second-order valence-corrected chi connectivity index (χ2v) is 9.25. The first-order chi connectivity index (χ1) is 6.60. The maximum absolute atomic E-state index is 11.1. The molecule has 0 saturated heterocycles. The third kappa shape index (κ3) is 4.79. The molecular weight excluding hydrogens is 190 g/mol. The van der Waals surface area contributed by atoms with E-state index in [1.54, 1.807) is 0 Å². The lowest BCUT2D eigenvalue weighted by atomic mass is 10.5. The van der Waals surface area contributed by atoms with Crippen LogP contribution in [0.2, 0.25) is 24.2 Å². The van der Waals surface area contributed by atoms with Crippen LogP contribution in [0.25, 0.3) is 0 Å². The van der Waals surface area contributed by atoms with E-state index in [-0.39, 0.29) is 5.91 Å². The van der Waals surface area contributed by atoms with E-state index in [0.29, 0.717) is 6.04 Å². The zero-order valence-corrected chi connectivity index (χ0v) is 10.9. The van der Waals surface area contributed by atoms with Gasteiger partial charge in [-0.15, -0.1) is 0 Å². The normalized spacial score (nSPS) is 11.6. The Balaban J connectivity index is 4.45. The van der Waals surface area contributed by atoms with Crippen LogP contribution in [0, 0.1) is 0 Å². The Morgan fingerprint density at radius 2 is 1.36 bits per heavy atom. The lowest BCUT2D eigenvalue weighted by Crippen LogP contribution is -2.38. The first-order valence-electron chi connectivity index (χ1n) is 5.88. The molecule has 2 N–H and O–H groups in total. The molecule has 84 valence electrons. The summed E-state index contributed by atoms with van der Waals surface area (Å²) in [6.07, 6.45) is 3.62. The van der Waals surface area contributed by atoms with Gasteiger partial charge in [0.1, 0.15) is 0 Å². The van der Waals surface area contributed by atoms with Gasteiger partial charge in [-0.3, -0.25) is 4.79 Å². The van der Waals surface area contributed by atoms with Crippen molar-refractivity contribution in [1.29, 1.82) is 0 Å². The molecule has 14 heavy (non-hydrogen) atoms. The highest BCUT2D eigenvalue weighted by Gasteiger charge is 2.31. The average Bonchev–Trinajstić information content (AvgIpc) is 2.03. The smallest absolute Gasteiger partial charge is 0.214 e. The zero-order valence-electron chi connectivity index (χ0n) is 9.94.